The predicted molar refractivity (Wildman–Crippen MR) is 96.1 cm³/mol. The number of halogens is 1. The molecule has 1 atom stereocenters. The van der Waals surface area contributed by atoms with E-state index in [1.165, 1.54) is 12.1 Å². The third kappa shape index (κ3) is 2.28. The first-order valence-corrected chi connectivity index (χ1v) is 7.81. The molecule has 0 spiro atoms. The van der Waals surface area contributed by atoms with E-state index in [-0.39, 0.29) is 28.8 Å². The molecule has 7 heteroatoms. The number of nitrogens with zero attached hydrogens (tertiary/aromatic N) is 2. The molecule has 0 amide bonds. The van der Waals surface area contributed by atoms with Gasteiger partial charge in [-0.25, -0.2) is 4.39 Å². The van der Waals surface area contributed by atoms with Crippen LogP contribution in [0.4, 0.5) is 21.6 Å². The Kier molecular flexibility index (Phi) is 3.41. The summed E-state index contributed by atoms with van der Waals surface area (Å²) in [5, 5.41) is 9.37. The SMILES string of the molecule is N#Cc1c(N)nc2c(c1N)C(c1ccc(F)cc1)c1ccc(N)cc1O2. The second-order valence-corrected chi connectivity index (χ2v) is 6.00. The van der Waals surface area contributed by atoms with Gasteiger partial charge in [-0.3, -0.25) is 0 Å². The molecule has 4 rings (SSSR count). The van der Waals surface area contributed by atoms with Crippen LogP contribution in [0.5, 0.6) is 11.6 Å². The molecular formula is C19H14FN5O. The second kappa shape index (κ2) is 5.63. The van der Waals surface area contributed by atoms with Crippen LogP contribution < -0.4 is 21.9 Å². The average molecular weight is 347 g/mol. The number of hydrogen-bond donors (Lipinski definition) is 3. The van der Waals surface area contributed by atoms with Crippen LogP contribution in [0.3, 0.4) is 0 Å². The van der Waals surface area contributed by atoms with Crippen molar-refractivity contribution >= 4 is 17.2 Å². The first kappa shape index (κ1) is 15.7. The third-order valence-electron chi connectivity index (χ3n) is 4.43. The number of hydrogen-bond acceptors (Lipinski definition) is 6. The first-order valence-electron chi connectivity index (χ1n) is 7.81. The minimum Gasteiger partial charge on any atom is -0.438 e. The lowest BCUT2D eigenvalue weighted by molar-refractivity contribution is 0.435. The van der Waals surface area contributed by atoms with E-state index in [1.807, 2.05) is 12.1 Å². The summed E-state index contributed by atoms with van der Waals surface area (Å²) in [4.78, 5) is 4.21. The number of ether oxygens (including phenoxy) is 1. The van der Waals surface area contributed by atoms with Crippen LogP contribution in [0.25, 0.3) is 0 Å². The number of aromatic nitrogens is 1. The van der Waals surface area contributed by atoms with Crippen LogP contribution in [-0.2, 0) is 0 Å². The van der Waals surface area contributed by atoms with Crippen LogP contribution in [0.1, 0.15) is 28.2 Å². The highest BCUT2D eigenvalue weighted by Gasteiger charge is 2.33. The lowest BCUT2D eigenvalue weighted by Crippen LogP contribution is -2.17. The summed E-state index contributed by atoms with van der Waals surface area (Å²) < 4.78 is 19.3. The van der Waals surface area contributed by atoms with Crippen molar-refractivity contribution in [2.24, 2.45) is 0 Å². The molecule has 1 aromatic heterocycles. The Hall–Kier alpha value is -3.79. The van der Waals surface area contributed by atoms with Crippen LogP contribution in [-0.4, -0.2) is 4.98 Å². The largest absolute Gasteiger partial charge is 0.438 e. The topological polar surface area (TPSA) is 124 Å². The molecular weight excluding hydrogens is 333 g/mol. The van der Waals surface area contributed by atoms with Crippen molar-refractivity contribution in [2.45, 2.75) is 5.92 Å². The maximum atomic E-state index is 13.4. The van der Waals surface area contributed by atoms with E-state index < -0.39 is 5.92 Å². The Bertz CT molecular complexity index is 1070. The van der Waals surface area contributed by atoms with Gasteiger partial charge >= 0.3 is 0 Å². The lowest BCUT2D eigenvalue weighted by atomic mass is 9.82. The Morgan fingerprint density at radius 1 is 1.08 bits per heavy atom. The van der Waals surface area contributed by atoms with E-state index in [1.54, 1.807) is 24.3 Å². The maximum absolute atomic E-state index is 13.4. The maximum Gasteiger partial charge on any atom is 0.227 e. The summed E-state index contributed by atoms with van der Waals surface area (Å²) >= 11 is 0. The van der Waals surface area contributed by atoms with Crippen molar-refractivity contribution in [1.82, 2.24) is 4.98 Å². The van der Waals surface area contributed by atoms with Gasteiger partial charge in [0.05, 0.1) is 11.3 Å². The predicted octanol–water partition coefficient (Wildman–Crippen LogP) is 3.12. The minimum atomic E-state index is -0.393. The molecule has 3 aromatic rings. The molecule has 0 bridgehead atoms. The first-order chi connectivity index (χ1) is 12.5. The van der Waals surface area contributed by atoms with Crippen LogP contribution in [0.15, 0.2) is 42.5 Å². The fourth-order valence-corrected chi connectivity index (χ4v) is 3.23. The zero-order valence-corrected chi connectivity index (χ0v) is 13.5. The lowest BCUT2D eigenvalue weighted by Gasteiger charge is -2.29. The molecule has 6 N–H and O–H groups in total. The summed E-state index contributed by atoms with van der Waals surface area (Å²) in [6.45, 7) is 0. The zero-order chi connectivity index (χ0) is 18.4. The molecule has 1 unspecified atom stereocenters. The van der Waals surface area contributed by atoms with Gasteiger partial charge in [-0.2, -0.15) is 10.2 Å². The van der Waals surface area contributed by atoms with Gasteiger partial charge in [-0.05, 0) is 23.8 Å². The smallest absolute Gasteiger partial charge is 0.227 e. The van der Waals surface area contributed by atoms with Gasteiger partial charge in [0.15, 0.2) is 0 Å². The van der Waals surface area contributed by atoms with Crippen LogP contribution in [0.2, 0.25) is 0 Å². The molecule has 0 saturated carbocycles. The number of fused-ring (bicyclic) bond motifs is 2. The van der Waals surface area contributed by atoms with Gasteiger partial charge in [0.1, 0.15) is 29.0 Å². The van der Waals surface area contributed by atoms with E-state index >= 15 is 0 Å². The molecule has 2 heterocycles. The van der Waals surface area contributed by atoms with Crippen LogP contribution in [0, 0.1) is 17.1 Å². The highest BCUT2D eigenvalue weighted by molar-refractivity contribution is 5.75. The fourth-order valence-electron chi connectivity index (χ4n) is 3.23. The monoisotopic (exact) mass is 347 g/mol. The molecule has 0 aliphatic carbocycles. The number of anilines is 3. The molecule has 0 fully saturated rings. The van der Waals surface area contributed by atoms with Crippen molar-refractivity contribution in [3.8, 4) is 17.7 Å². The molecule has 1 aliphatic rings. The van der Waals surface area contributed by atoms with Gasteiger partial charge in [0.2, 0.25) is 5.88 Å². The molecule has 2 aromatic carbocycles. The Morgan fingerprint density at radius 3 is 2.50 bits per heavy atom. The Balaban J connectivity index is 2.04. The third-order valence-corrected chi connectivity index (χ3v) is 4.43. The number of benzene rings is 2. The van der Waals surface area contributed by atoms with E-state index in [0.29, 0.717) is 17.0 Å². The summed E-state index contributed by atoms with van der Waals surface area (Å²) in [6, 6.07) is 13.3. The van der Waals surface area contributed by atoms with Crippen molar-refractivity contribution in [3.63, 3.8) is 0 Å². The number of rotatable bonds is 1. The van der Waals surface area contributed by atoms with Gasteiger partial charge in [0.25, 0.3) is 0 Å². The van der Waals surface area contributed by atoms with Gasteiger partial charge in [-0.1, -0.05) is 18.2 Å². The molecule has 0 saturated heterocycles. The van der Waals surface area contributed by atoms with E-state index in [2.05, 4.69) is 4.98 Å². The summed E-state index contributed by atoms with van der Waals surface area (Å²) in [6.07, 6.45) is 0. The van der Waals surface area contributed by atoms with Gasteiger partial charge in [0, 0.05) is 23.2 Å². The molecule has 6 nitrogen and oxygen atoms in total. The summed E-state index contributed by atoms with van der Waals surface area (Å²) in [7, 11) is 0. The molecule has 128 valence electrons. The number of nitriles is 1. The number of pyridine rings is 1. The number of nitrogen functional groups attached to an aromatic ring is 3. The van der Waals surface area contributed by atoms with Crippen molar-refractivity contribution in [3.05, 3.63) is 70.5 Å². The zero-order valence-electron chi connectivity index (χ0n) is 13.5. The van der Waals surface area contributed by atoms with E-state index in [9.17, 15) is 9.65 Å². The molecule has 26 heavy (non-hydrogen) atoms. The number of nitrogens with two attached hydrogens (primary N) is 3. The fraction of sp³-hybridized carbons (Fsp3) is 0.0526. The Labute approximate surface area is 148 Å². The highest BCUT2D eigenvalue weighted by Crippen LogP contribution is 2.50. The molecule has 1 aliphatic heterocycles. The van der Waals surface area contributed by atoms with Crippen molar-refractivity contribution in [1.29, 1.82) is 5.26 Å². The van der Waals surface area contributed by atoms with Crippen molar-refractivity contribution < 1.29 is 9.13 Å². The van der Waals surface area contributed by atoms with Crippen molar-refractivity contribution in [2.75, 3.05) is 17.2 Å². The van der Waals surface area contributed by atoms with E-state index in [0.717, 1.165) is 11.1 Å². The van der Waals surface area contributed by atoms with E-state index in [4.69, 9.17) is 21.9 Å². The highest BCUT2D eigenvalue weighted by atomic mass is 19.1. The van der Waals surface area contributed by atoms with Gasteiger partial charge < -0.3 is 21.9 Å². The Morgan fingerprint density at radius 2 is 1.81 bits per heavy atom. The van der Waals surface area contributed by atoms with Gasteiger partial charge in [-0.15, -0.1) is 0 Å². The standard InChI is InChI=1S/C19H14FN5O/c20-10-3-1-9(2-4-10)15-12-6-5-11(22)7-14(12)26-19-16(15)17(23)13(8-21)18(24)25-19/h1-7,15H,22H2,(H4,23,24,25). The van der Waals surface area contributed by atoms with Crippen LogP contribution >= 0.6 is 0 Å². The summed E-state index contributed by atoms with van der Waals surface area (Å²) in [5.41, 5.74) is 20.9. The second-order valence-electron chi connectivity index (χ2n) is 6.00. The molecule has 0 radical (unpaired) electrons. The normalized spacial score (nSPS) is 14.7. The summed E-state index contributed by atoms with van der Waals surface area (Å²) in [5.74, 6) is -0.0157. The quantitative estimate of drug-likeness (QED) is 0.454. The minimum absolute atomic E-state index is 0.00559. The average Bonchev–Trinajstić information content (AvgIpc) is 2.61.